The zero-order valence-electron chi connectivity index (χ0n) is 14.3. The van der Waals surface area contributed by atoms with Crippen LogP contribution in [0.3, 0.4) is 0 Å². The fraction of sp³-hybridized carbons (Fsp3) is 0.294. The molecule has 2 aromatic carbocycles. The topological polar surface area (TPSA) is 129 Å². The van der Waals surface area contributed by atoms with Gasteiger partial charge in [-0.15, -0.1) is 0 Å². The minimum Gasteiger partial charge on any atom is -0.485 e. The Hall–Kier alpha value is -1.18. The molecule has 2 aromatic rings. The Morgan fingerprint density at radius 1 is 0.778 bits per heavy atom. The molecule has 1 unspecified atom stereocenters. The first-order valence-corrected chi connectivity index (χ1v) is 10.3. The summed E-state index contributed by atoms with van der Waals surface area (Å²) in [7, 11) is -5.38. The lowest BCUT2D eigenvalue weighted by atomic mass is 9.80. The molecule has 0 aliphatic rings. The smallest absolute Gasteiger partial charge is 0.327 e. The maximum absolute atomic E-state index is 10.2. The van der Waals surface area contributed by atoms with Crippen molar-refractivity contribution in [3.8, 4) is 5.75 Å². The van der Waals surface area contributed by atoms with Crippen molar-refractivity contribution in [2.24, 2.45) is 5.41 Å². The minimum absolute atomic E-state index is 0.349. The molecule has 0 aliphatic heterocycles. The summed E-state index contributed by atoms with van der Waals surface area (Å²) >= 11 is 0. The Labute approximate surface area is 159 Å². The van der Waals surface area contributed by atoms with E-state index in [0.29, 0.717) is 11.3 Å². The standard InChI is InChI=1S/C17H22O8P2/c18-11-17(12-23-26(19)20,13-24-27(21)22)16(14-7-3-1-4-8-14)25-15-9-5-2-6-10-15/h1-10,16,18-22H,11-13H2. The van der Waals surface area contributed by atoms with Crippen LogP contribution in [0.2, 0.25) is 0 Å². The predicted molar refractivity (Wildman–Crippen MR) is 100 cm³/mol. The van der Waals surface area contributed by atoms with Crippen LogP contribution in [0, 0.1) is 5.41 Å². The molecule has 0 amide bonds. The summed E-state index contributed by atoms with van der Waals surface area (Å²) in [5.74, 6) is 0.509. The van der Waals surface area contributed by atoms with Gasteiger partial charge in [0.15, 0.2) is 0 Å². The highest BCUT2D eigenvalue weighted by atomic mass is 31.2. The van der Waals surface area contributed by atoms with Gasteiger partial charge in [0.1, 0.15) is 11.9 Å². The van der Waals surface area contributed by atoms with E-state index in [1.807, 2.05) is 12.1 Å². The molecule has 1 atom stereocenters. The van der Waals surface area contributed by atoms with E-state index >= 15 is 0 Å². The van der Waals surface area contributed by atoms with Gasteiger partial charge in [0.05, 0.1) is 25.2 Å². The number of hydrogen-bond acceptors (Lipinski definition) is 8. The molecular formula is C17H22O8P2. The highest BCUT2D eigenvalue weighted by Crippen LogP contribution is 2.43. The second kappa shape index (κ2) is 11.0. The third-order valence-electron chi connectivity index (χ3n) is 3.91. The molecule has 0 bridgehead atoms. The summed E-state index contributed by atoms with van der Waals surface area (Å²) in [6.07, 6.45) is -0.837. The number of hydrogen-bond donors (Lipinski definition) is 5. The van der Waals surface area contributed by atoms with Crippen LogP contribution in [-0.4, -0.2) is 44.5 Å². The van der Waals surface area contributed by atoms with Gasteiger partial charge in [-0.2, -0.15) is 0 Å². The van der Waals surface area contributed by atoms with E-state index in [0.717, 1.165) is 0 Å². The summed E-state index contributed by atoms with van der Waals surface area (Å²) < 4.78 is 16.0. The monoisotopic (exact) mass is 416 g/mol. The van der Waals surface area contributed by atoms with Crippen molar-refractivity contribution in [2.75, 3.05) is 19.8 Å². The number of para-hydroxylation sites is 1. The number of ether oxygens (including phenoxy) is 1. The summed E-state index contributed by atoms with van der Waals surface area (Å²) in [4.78, 5) is 36.7. The molecule has 27 heavy (non-hydrogen) atoms. The number of benzene rings is 2. The first-order chi connectivity index (χ1) is 13.0. The molecule has 8 nitrogen and oxygen atoms in total. The molecule has 148 valence electrons. The minimum atomic E-state index is -2.69. The van der Waals surface area contributed by atoms with Crippen LogP contribution in [0.25, 0.3) is 0 Å². The normalized spacial score (nSPS) is 13.1. The lowest BCUT2D eigenvalue weighted by Gasteiger charge is -2.39. The zero-order chi connectivity index (χ0) is 19.7. The first kappa shape index (κ1) is 22.1. The molecule has 2 rings (SSSR count). The molecule has 0 heterocycles. The molecule has 0 radical (unpaired) electrons. The maximum Gasteiger partial charge on any atom is 0.327 e. The second-order valence-electron chi connectivity index (χ2n) is 5.79. The molecule has 10 heteroatoms. The van der Waals surface area contributed by atoms with E-state index in [9.17, 15) is 24.7 Å². The van der Waals surface area contributed by atoms with Crippen molar-refractivity contribution >= 4 is 17.2 Å². The van der Waals surface area contributed by atoms with Crippen LogP contribution in [0.4, 0.5) is 0 Å². The van der Waals surface area contributed by atoms with Gasteiger partial charge >= 0.3 is 17.2 Å². The van der Waals surface area contributed by atoms with Gasteiger partial charge < -0.3 is 38.5 Å². The second-order valence-corrected chi connectivity index (χ2v) is 7.32. The van der Waals surface area contributed by atoms with Crippen molar-refractivity contribution in [3.63, 3.8) is 0 Å². The summed E-state index contributed by atoms with van der Waals surface area (Å²) in [5, 5.41) is 10.2. The quantitative estimate of drug-likeness (QED) is 0.353. The Bertz CT molecular complexity index is 644. The Morgan fingerprint density at radius 3 is 1.70 bits per heavy atom. The van der Waals surface area contributed by atoms with Crippen molar-refractivity contribution in [1.82, 2.24) is 0 Å². The fourth-order valence-corrected chi connectivity index (χ4v) is 3.29. The molecule has 0 aromatic heterocycles. The predicted octanol–water partition coefficient (Wildman–Crippen LogP) is 2.24. The molecule has 0 aliphatic carbocycles. The van der Waals surface area contributed by atoms with Crippen molar-refractivity contribution < 1.29 is 38.5 Å². The largest absolute Gasteiger partial charge is 0.485 e. The number of aliphatic hydroxyl groups is 1. The van der Waals surface area contributed by atoms with E-state index in [-0.39, 0.29) is 13.2 Å². The Kier molecular flexibility index (Phi) is 8.99. The lowest BCUT2D eigenvalue weighted by Crippen LogP contribution is -2.43. The molecular weight excluding hydrogens is 394 g/mol. The van der Waals surface area contributed by atoms with Gasteiger partial charge in [-0.05, 0) is 17.7 Å². The highest BCUT2D eigenvalue weighted by Gasteiger charge is 2.43. The van der Waals surface area contributed by atoms with Crippen molar-refractivity contribution in [1.29, 1.82) is 0 Å². The van der Waals surface area contributed by atoms with Crippen LogP contribution < -0.4 is 4.74 Å². The molecule has 0 saturated heterocycles. The van der Waals surface area contributed by atoms with Gasteiger partial charge in [-0.1, -0.05) is 48.5 Å². The van der Waals surface area contributed by atoms with Crippen LogP contribution in [0.1, 0.15) is 11.7 Å². The molecule has 5 N–H and O–H groups in total. The summed E-state index contributed by atoms with van der Waals surface area (Å²) in [6, 6.07) is 17.8. The van der Waals surface area contributed by atoms with Gasteiger partial charge in [0.25, 0.3) is 0 Å². The SMILES string of the molecule is OCC(COP(O)O)(COP(O)O)C(Oc1ccccc1)c1ccccc1. The molecule has 0 spiro atoms. The van der Waals surface area contributed by atoms with Crippen LogP contribution in [0.5, 0.6) is 5.75 Å². The van der Waals surface area contributed by atoms with Gasteiger partial charge in [0, 0.05) is 0 Å². The number of rotatable bonds is 11. The van der Waals surface area contributed by atoms with Crippen molar-refractivity contribution in [3.05, 3.63) is 66.2 Å². The van der Waals surface area contributed by atoms with Crippen molar-refractivity contribution in [2.45, 2.75) is 6.10 Å². The summed E-state index contributed by atoms with van der Waals surface area (Å²) in [6.45, 7) is -1.23. The van der Waals surface area contributed by atoms with Crippen LogP contribution in [0.15, 0.2) is 60.7 Å². The first-order valence-electron chi connectivity index (χ1n) is 7.96. The average Bonchev–Trinajstić information content (AvgIpc) is 2.68. The van der Waals surface area contributed by atoms with E-state index in [1.165, 1.54) is 0 Å². The lowest BCUT2D eigenvalue weighted by molar-refractivity contribution is -0.0653. The third kappa shape index (κ3) is 6.73. The molecule has 0 fully saturated rings. The fourth-order valence-electron chi connectivity index (χ4n) is 2.55. The average molecular weight is 416 g/mol. The maximum atomic E-state index is 10.2. The van der Waals surface area contributed by atoms with Gasteiger partial charge in [-0.3, -0.25) is 0 Å². The molecule has 0 saturated carbocycles. The van der Waals surface area contributed by atoms with Crippen LogP contribution in [-0.2, 0) is 9.05 Å². The Morgan fingerprint density at radius 2 is 1.26 bits per heavy atom. The van der Waals surface area contributed by atoms with E-state index in [1.54, 1.807) is 48.5 Å². The Balaban J connectivity index is 2.42. The van der Waals surface area contributed by atoms with Gasteiger partial charge in [-0.25, -0.2) is 0 Å². The summed E-state index contributed by atoms with van der Waals surface area (Å²) in [5.41, 5.74) is -0.669. The van der Waals surface area contributed by atoms with E-state index < -0.39 is 35.3 Å². The zero-order valence-corrected chi connectivity index (χ0v) is 16.1. The van der Waals surface area contributed by atoms with Crippen LogP contribution >= 0.6 is 17.2 Å². The van der Waals surface area contributed by atoms with E-state index in [2.05, 4.69) is 0 Å². The highest BCUT2D eigenvalue weighted by molar-refractivity contribution is 7.39. The number of aliphatic hydroxyl groups excluding tert-OH is 1. The van der Waals surface area contributed by atoms with E-state index in [4.69, 9.17) is 13.8 Å². The third-order valence-corrected chi connectivity index (χ3v) is 4.63. The van der Waals surface area contributed by atoms with Gasteiger partial charge in [0.2, 0.25) is 0 Å².